The van der Waals surface area contributed by atoms with Crippen molar-refractivity contribution in [3.8, 4) is 0 Å². The third-order valence-corrected chi connectivity index (χ3v) is 2.10. The van der Waals surface area contributed by atoms with Gasteiger partial charge in [0.25, 0.3) is 0 Å². The van der Waals surface area contributed by atoms with E-state index >= 15 is 0 Å². The standard InChI is InChI=1S/C7H11N3O3/c1-7(2)12-5-4(9-10-8)3-11-6(5)13-7/h4-6H,3H2,1-2H3. The summed E-state index contributed by atoms with van der Waals surface area (Å²) in [6.07, 6.45) is -0.642. The highest BCUT2D eigenvalue weighted by Crippen LogP contribution is 2.35. The number of hydrogen-bond donors (Lipinski definition) is 0. The molecule has 0 amide bonds. The summed E-state index contributed by atoms with van der Waals surface area (Å²) >= 11 is 0. The Bertz CT molecular complexity index is 262. The topological polar surface area (TPSA) is 76.5 Å². The Hall–Kier alpha value is -0.810. The highest BCUT2D eigenvalue weighted by Gasteiger charge is 2.49. The Balaban J connectivity index is 2.11. The van der Waals surface area contributed by atoms with E-state index in [-0.39, 0.29) is 18.4 Å². The minimum Gasteiger partial charge on any atom is -0.349 e. The van der Waals surface area contributed by atoms with Crippen molar-refractivity contribution in [3.05, 3.63) is 10.4 Å². The van der Waals surface area contributed by atoms with Gasteiger partial charge in [-0.15, -0.1) is 0 Å². The van der Waals surface area contributed by atoms with Gasteiger partial charge in [-0.05, 0) is 19.4 Å². The second-order valence-corrected chi connectivity index (χ2v) is 3.57. The van der Waals surface area contributed by atoms with Gasteiger partial charge in [0, 0.05) is 4.91 Å². The van der Waals surface area contributed by atoms with E-state index < -0.39 is 5.79 Å². The highest BCUT2D eigenvalue weighted by atomic mass is 16.8. The molecule has 0 N–H and O–H groups in total. The fraction of sp³-hybridized carbons (Fsp3) is 1.00. The zero-order valence-electron chi connectivity index (χ0n) is 7.51. The van der Waals surface area contributed by atoms with Crippen molar-refractivity contribution < 1.29 is 14.2 Å². The van der Waals surface area contributed by atoms with E-state index in [1.54, 1.807) is 0 Å². The summed E-state index contributed by atoms with van der Waals surface area (Å²) in [5, 5.41) is 3.58. The zero-order valence-corrected chi connectivity index (χ0v) is 7.51. The first-order chi connectivity index (χ1) is 6.12. The van der Waals surface area contributed by atoms with E-state index in [2.05, 4.69) is 10.0 Å². The van der Waals surface area contributed by atoms with Gasteiger partial charge in [-0.25, -0.2) is 0 Å². The van der Waals surface area contributed by atoms with Crippen LogP contribution in [0.15, 0.2) is 5.11 Å². The van der Waals surface area contributed by atoms with Crippen molar-refractivity contribution >= 4 is 0 Å². The first-order valence-corrected chi connectivity index (χ1v) is 4.14. The monoisotopic (exact) mass is 185 g/mol. The van der Waals surface area contributed by atoms with Crippen LogP contribution in [0, 0.1) is 0 Å². The van der Waals surface area contributed by atoms with Crippen molar-refractivity contribution in [3.63, 3.8) is 0 Å². The fourth-order valence-electron chi connectivity index (χ4n) is 1.60. The van der Waals surface area contributed by atoms with E-state index in [9.17, 15) is 0 Å². The molecule has 2 aliphatic heterocycles. The molecule has 3 unspecified atom stereocenters. The predicted molar refractivity (Wildman–Crippen MR) is 42.7 cm³/mol. The Morgan fingerprint density at radius 2 is 2.23 bits per heavy atom. The number of hydrogen-bond acceptors (Lipinski definition) is 4. The Labute approximate surface area is 75.4 Å². The van der Waals surface area contributed by atoms with Gasteiger partial charge >= 0.3 is 0 Å². The SMILES string of the molecule is CC1(C)OC2OCC(N=[N+]=[N-])C2O1. The largest absolute Gasteiger partial charge is 0.349 e. The van der Waals surface area contributed by atoms with Crippen LogP contribution >= 0.6 is 0 Å². The molecule has 6 heteroatoms. The molecule has 2 aliphatic rings. The van der Waals surface area contributed by atoms with Gasteiger partial charge < -0.3 is 14.2 Å². The van der Waals surface area contributed by atoms with Crippen molar-refractivity contribution in [2.75, 3.05) is 6.61 Å². The van der Waals surface area contributed by atoms with E-state index in [1.807, 2.05) is 13.8 Å². The minimum absolute atomic E-state index is 0.258. The minimum atomic E-state index is -0.640. The molecular formula is C7H11N3O3. The quantitative estimate of drug-likeness (QED) is 0.349. The molecule has 0 bridgehead atoms. The number of ether oxygens (including phenoxy) is 3. The number of rotatable bonds is 1. The maximum Gasteiger partial charge on any atom is 0.187 e. The summed E-state index contributed by atoms with van der Waals surface area (Å²) < 4.78 is 16.2. The molecule has 0 aromatic heterocycles. The summed E-state index contributed by atoms with van der Waals surface area (Å²) in [7, 11) is 0. The first kappa shape index (κ1) is 8.77. The van der Waals surface area contributed by atoms with Crippen LogP contribution in [0.2, 0.25) is 0 Å². The van der Waals surface area contributed by atoms with Gasteiger partial charge in [0.1, 0.15) is 6.10 Å². The third kappa shape index (κ3) is 1.49. The lowest BCUT2D eigenvalue weighted by Gasteiger charge is -2.18. The summed E-state index contributed by atoms with van der Waals surface area (Å²) in [5.41, 5.74) is 8.28. The van der Waals surface area contributed by atoms with Gasteiger partial charge in [-0.3, -0.25) is 0 Å². The molecule has 0 saturated carbocycles. The average molecular weight is 185 g/mol. The summed E-state index contributed by atoms with van der Waals surface area (Å²) in [5.74, 6) is -0.640. The summed E-state index contributed by atoms with van der Waals surface area (Å²) in [6, 6.07) is -0.267. The van der Waals surface area contributed by atoms with Gasteiger partial charge in [0.05, 0.1) is 12.6 Å². The van der Waals surface area contributed by atoms with Crippen LogP contribution in [-0.2, 0) is 14.2 Å². The molecule has 0 aromatic carbocycles. The normalized spacial score (nSPS) is 41.2. The molecular weight excluding hydrogens is 174 g/mol. The zero-order chi connectivity index (χ0) is 9.47. The molecule has 72 valence electrons. The predicted octanol–water partition coefficient (Wildman–Crippen LogP) is 1.17. The molecule has 3 atom stereocenters. The third-order valence-electron chi connectivity index (χ3n) is 2.10. The van der Waals surface area contributed by atoms with Crippen molar-refractivity contribution in [2.45, 2.75) is 38.1 Å². The van der Waals surface area contributed by atoms with Gasteiger partial charge in [0.15, 0.2) is 12.1 Å². The Kier molecular flexibility index (Phi) is 1.92. The highest BCUT2D eigenvalue weighted by molar-refractivity contribution is 4.91. The van der Waals surface area contributed by atoms with Gasteiger partial charge in [0.2, 0.25) is 0 Å². The lowest BCUT2D eigenvalue weighted by molar-refractivity contribution is -0.193. The molecule has 0 aromatic rings. The van der Waals surface area contributed by atoms with E-state index in [1.165, 1.54) is 0 Å². The summed E-state index contributed by atoms with van der Waals surface area (Å²) in [6.45, 7) is 3.99. The van der Waals surface area contributed by atoms with Crippen molar-refractivity contribution in [1.82, 2.24) is 0 Å². The van der Waals surface area contributed by atoms with Crippen LogP contribution in [0.25, 0.3) is 10.4 Å². The van der Waals surface area contributed by atoms with E-state index in [4.69, 9.17) is 19.7 Å². The second kappa shape index (κ2) is 2.85. The molecule has 0 radical (unpaired) electrons. The van der Waals surface area contributed by atoms with Gasteiger partial charge in [-0.1, -0.05) is 5.11 Å². The molecule has 2 fully saturated rings. The van der Waals surface area contributed by atoms with Gasteiger partial charge in [-0.2, -0.15) is 0 Å². The fourth-order valence-corrected chi connectivity index (χ4v) is 1.60. The van der Waals surface area contributed by atoms with Crippen LogP contribution in [0.4, 0.5) is 0 Å². The molecule has 0 spiro atoms. The van der Waals surface area contributed by atoms with Crippen molar-refractivity contribution in [2.24, 2.45) is 5.11 Å². The molecule has 13 heavy (non-hydrogen) atoms. The molecule has 2 saturated heterocycles. The maximum absolute atomic E-state index is 8.28. The number of nitrogens with zero attached hydrogens (tertiary/aromatic N) is 3. The Morgan fingerprint density at radius 1 is 1.46 bits per heavy atom. The van der Waals surface area contributed by atoms with Crippen LogP contribution in [0.1, 0.15) is 13.8 Å². The molecule has 6 nitrogen and oxygen atoms in total. The van der Waals surface area contributed by atoms with Crippen molar-refractivity contribution in [1.29, 1.82) is 0 Å². The Morgan fingerprint density at radius 3 is 2.92 bits per heavy atom. The first-order valence-electron chi connectivity index (χ1n) is 4.14. The van der Waals surface area contributed by atoms with Crippen LogP contribution in [0.3, 0.4) is 0 Å². The molecule has 2 heterocycles. The molecule has 2 rings (SSSR count). The van der Waals surface area contributed by atoms with Crippen LogP contribution < -0.4 is 0 Å². The lowest BCUT2D eigenvalue weighted by Crippen LogP contribution is -2.28. The average Bonchev–Trinajstić information content (AvgIpc) is 2.48. The lowest BCUT2D eigenvalue weighted by atomic mass is 10.2. The summed E-state index contributed by atoms with van der Waals surface area (Å²) in [4.78, 5) is 2.74. The van der Waals surface area contributed by atoms with E-state index in [0.717, 1.165) is 0 Å². The molecule has 0 aliphatic carbocycles. The number of fused-ring (bicyclic) bond motifs is 1. The second-order valence-electron chi connectivity index (χ2n) is 3.57. The maximum atomic E-state index is 8.28. The van der Waals surface area contributed by atoms with E-state index in [0.29, 0.717) is 6.61 Å². The smallest absolute Gasteiger partial charge is 0.187 e. The van der Waals surface area contributed by atoms with Crippen LogP contribution in [0.5, 0.6) is 0 Å². The number of azide groups is 1. The van der Waals surface area contributed by atoms with Crippen LogP contribution in [-0.4, -0.2) is 30.8 Å².